The van der Waals surface area contributed by atoms with Crippen LogP contribution in [0.25, 0.3) is 11.2 Å². The van der Waals surface area contributed by atoms with Gasteiger partial charge in [-0.25, -0.2) is 9.97 Å². The fourth-order valence-corrected chi connectivity index (χ4v) is 4.99. The maximum absolute atomic E-state index is 12.6. The third-order valence-corrected chi connectivity index (χ3v) is 7.90. The summed E-state index contributed by atoms with van der Waals surface area (Å²) in [5.41, 5.74) is 12.9. The van der Waals surface area contributed by atoms with Crippen molar-refractivity contribution in [2.24, 2.45) is 11.7 Å². The van der Waals surface area contributed by atoms with Crippen LogP contribution in [0.1, 0.15) is 130 Å². The molecule has 248 valence electrons. The lowest BCUT2D eigenvalue weighted by molar-refractivity contribution is -0.154. The molecule has 10 heteroatoms. The zero-order chi connectivity index (χ0) is 32.0. The van der Waals surface area contributed by atoms with Crippen LogP contribution >= 0.6 is 0 Å². The molecule has 0 bridgehead atoms. The first-order valence-electron chi connectivity index (χ1n) is 17.0. The van der Waals surface area contributed by atoms with Gasteiger partial charge in [0.2, 0.25) is 5.95 Å². The molecule has 0 amide bonds. The number of hydrogen-bond donors (Lipinski definition) is 2. The second kappa shape index (κ2) is 22.5. The molecule has 2 rings (SSSR count). The Bertz CT molecular complexity index is 1100. The largest absolute Gasteiger partial charge is 0.466 e. The molecule has 0 radical (unpaired) electrons. The van der Waals surface area contributed by atoms with Crippen LogP contribution in [0.3, 0.4) is 0 Å². The first-order chi connectivity index (χ1) is 21.3. The lowest BCUT2D eigenvalue weighted by Crippen LogP contribution is -2.40. The minimum absolute atomic E-state index is 0.0655. The van der Waals surface area contributed by atoms with Crippen molar-refractivity contribution in [1.82, 2.24) is 19.5 Å². The van der Waals surface area contributed by atoms with E-state index in [9.17, 15) is 9.59 Å². The van der Waals surface area contributed by atoms with E-state index >= 15 is 0 Å². The molecular formula is C34H58N6O4. The molecule has 0 aliphatic heterocycles. The first-order valence-corrected chi connectivity index (χ1v) is 17.0. The third kappa shape index (κ3) is 15.6. The van der Waals surface area contributed by atoms with E-state index < -0.39 is 18.1 Å². The molecule has 4 N–H and O–H groups in total. The van der Waals surface area contributed by atoms with Gasteiger partial charge in [-0.05, 0) is 38.0 Å². The highest BCUT2D eigenvalue weighted by Gasteiger charge is 2.24. The number of carbonyl (C=O) groups excluding carboxylic acids is 2. The Morgan fingerprint density at radius 3 is 2.16 bits per heavy atom. The average molecular weight is 615 g/mol. The van der Waals surface area contributed by atoms with E-state index in [1.807, 2.05) is 13.8 Å². The number of nitrogens with two attached hydrogens (primary N) is 2. The van der Waals surface area contributed by atoms with Crippen LogP contribution in [0.2, 0.25) is 0 Å². The quantitative estimate of drug-likeness (QED) is 0.0681. The second-order valence-electron chi connectivity index (χ2n) is 12.2. The summed E-state index contributed by atoms with van der Waals surface area (Å²) in [6.45, 7) is 6.41. The van der Waals surface area contributed by atoms with E-state index in [2.05, 4.69) is 34.0 Å². The molecule has 0 unspecified atom stereocenters. The van der Waals surface area contributed by atoms with Gasteiger partial charge in [0, 0.05) is 12.8 Å². The van der Waals surface area contributed by atoms with Gasteiger partial charge in [-0.3, -0.25) is 9.59 Å². The molecule has 44 heavy (non-hydrogen) atoms. The molecule has 2 atom stereocenters. The molecule has 0 aliphatic carbocycles. The molecule has 0 saturated heterocycles. The maximum atomic E-state index is 12.6. The molecule has 10 nitrogen and oxygen atoms in total. The molecule has 2 aromatic rings. The number of carbonyl (C=O) groups is 2. The highest BCUT2D eigenvalue weighted by atomic mass is 16.6. The van der Waals surface area contributed by atoms with Crippen molar-refractivity contribution in [2.45, 2.75) is 149 Å². The van der Waals surface area contributed by atoms with Crippen LogP contribution in [-0.4, -0.2) is 50.2 Å². The summed E-state index contributed by atoms with van der Waals surface area (Å²) in [4.78, 5) is 37.4. The van der Waals surface area contributed by atoms with Crippen LogP contribution in [0.5, 0.6) is 0 Å². The Hall–Kier alpha value is -3.01. The van der Waals surface area contributed by atoms with Crippen LogP contribution in [-0.2, 0) is 25.6 Å². The van der Waals surface area contributed by atoms with E-state index in [0.717, 1.165) is 19.3 Å². The number of aromatic nitrogens is 4. The van der Waals surface area contributed by atoms with Crippen molar-refractivity contribution in [2.75, 3.05) is 12.3 Å². The summed E-state index contributed by atoms with van der Waals surface area (Å²) in [6.07, 6.45) is 26.6. The molecule has 0 aromatic carbocycles. The Morgan fingerprint density at radius 2 is 1.52 bits per heavy atom. The number of allylic oxidation sites excluding steroid dienone is 2. The number of rotatable bonds is 25. The van der Waals surface area contributed by atoms with E-state index in [-0.39, 0.29) is 31.0 Å². The van der Waals surface area contributed by atoms with Crippen molar-refractivity contribution < 1.29 is 19.1 Å². The highest BCUT2D eigenvalue weighted by molar-refractivity contribution is 5.76. The predicted molar refractivity (Wildman–Crippen MR) is 177 cm³/mol. The minimum atomic E-state index is -0.742. The first kappa shape index (κ1) is 37.2. The van der Waals surface area contributed by atoms with Crippen molar-refractivity contribution >= 4 is 29.1 Å². The monoisotopic (exact) mass is 614 g/mol. The van der Waals surface area contributed by atoms with Crippen LogP contribution in [0.15, 0.2) is 24.7 Å². The summed E-state index contributed by atoms with van der Waals surface area (Å²) in [6, 6.07) is -0.742. The van der Waals surface area contributed by atoms with Crippen molar-refractivity contribution in [3.63, 3.8) is 0 Å². The van der Waals surface area contributed by atoms with Crippen molar-refractivity contribution in [3.8, 4) is 0 Å². The zero-order valence-electron chi connectivity index (χ0n) is 27.6. The third-order valence-electron chi connectivity index (χ3n) is 7.90. The molecule has 2 aromatic heterocycles. The Kier molecular flexibility index (Phi) is 19.0. The molecule has 0 saturated carbocycles. The standard InChI is InChI=1S/C34H58N6O4/c1-4-5-6-7-8-9-10-11-12-13-14-15-16-17-18-19-20-21-30(41)43-23-22-28(44-33(42)31(35)27(2)3)25-40-26-38-29-24-37-34(36)39-32(29)40/h11-12,24,26-28,31H,4-10,13-23,25,35H2,1-3H3,(H2,36,37,39)/b12-11+/t28-,31+/m1/s1. The molecule has 0 fully saturated rings. The molecular weight excluding hydrogens is 556 g/mol. The van der Waals surface area contributed by atoms with E-state index in [4.69, 9.17) is 20.9 Å². The van der Waals surface area contributed by atoms with Gasteiger partial charge in [0.1, 0.15) is 17.7 Å². The van der Waals surface area contributed by atoms with Gasteiger partial charge in [0.15, 0.2) is 5.65 Å². The van der Waals surface area contributed by atoms with Gasteiger partial charge < -0.3 is 25.5 Å². The van der Waals surface area contributed by atoms with Gasteiger partial charge in [-0.2, -0.15) is 4.98 Å². The SMILES string of the molecule is CCCCCCCC/C=C/CCCCCCCCCC(=O)OCC[C@H](Cn1cnc2cnc(N)nc21)OC(=O)[C@@H](N)C(C)C. The van der Waals surface area contributed by atoms with Crippen LogP contribution in [0, 0.1) is 5.92 Å². The van der Waals surface area contributed by atoms with Crippen LogP contribution in [0.4, 0.5) is 5.95 Å². The Morgan fingerprint density at radius 1 is 0.909 bits per heavy atom. The number of esters is 2. The van der Waals surface area contributed by atoms with Crippen molar-refractivity contribution in [1.29, 1.82) is 0 Å². The number of nitrogens with zero attached hydrogens (tertiary/aromatic N) is 4. The molecule has 0 aliphatic rings. The fourth-order valence-electron chi connectivity index (χ4n) is 4.99. The lowest BCUT2D eigenvalue weighted by Gasteiger charge is -2.22. The normalized spacial score (nSPS) is 13.1. The number of fused-ring (bicyclic) bond motifs is 1. The number of nitrogen functional groups attached to an aromatic ring is 1. The summed E-state index contributed by atoms with van der Waals surface area (Å²) < 4.78 is 13.0. The average Bonchev–Trinajstić information content (AvgIpc) is 3.39. The highest BCUT2D eigenvalue weighted by Crippen LogP contribution is 2.15. The van der Waals surface area contributed by atoms with E-state index in [1.54, 1.807) is 17.1 Å². The number of anilines is 1. The Balaban J connectivity index is 1.58. The van der Waals surface area contributed by atoms with E-state index in [1.165, 1.54) is 77.0 Å². The predicted octanol–water partition coefficient (Wildman–Crippen LogP) is 7.05. The summed E-state index contributed by atoms with van der Waals surface area (Å²) >= 11 is 0. The summed E-state index contributed by atoms with van der Waals surface area (Å²) in [5, 5.41) is 0. The number of hydrogen-bond acceptors (Lipinski definition) is 9. The van der Waals surface area contributed by atoms with Gasteiger partial charge >= 0.3 is 11.9 Å². The second-order valence-corrected chi connectivity index (χ2v) is 12.2. The summed E-state index contributed by atoms with van der Waals surface area (Å²) in [7, 11) is 0. The smallest absolute Gasteiger partial charge is 0.323 e. The van der Waals surface area contributed by atoms with Gasteiger partial charge in [0.05, 0.1) is 25.7 Å². The summed E-state index contributed by atoms with van der Waals surface area (Å²) in [5.74, 6) is -0.653. The topological polar surface area (TPSA) is 148 Å². The van der Waals surface area contributed by atoms with Crippen molar-refractivity contribution in [3.05, 3.63) is 24.7 Å². The van der Waals surface area contributed by atoms with E-state index in [0.29, 0.717) is 24.0 Å². The number of ether oxygens (including phenoxy) is 2. The molecule has 2 heterocycles. The number of unbranched alkanes of at least 4 members (excludes halogenated alkanes) is 13. The maximum Gasteiger partial charge on any atom is 0.323 e. The van der Waals surface area contributed by atoms with Crippen LogP contribution < -0.4 is 11.5 Å². The minimum Gasteiger partial charge on any atom is -0.466 e. The number of imidazole rings is 1. The van der Waals surface area contributed by atoms with Gasteiger partial charge in [-0.1, -0.05) is 97.1 Å². The molecule has 0 spiro atoms. The van der Waals surface area contributed by atoms with Gasteiger partial charge in [0.25, 0.3) is 0 Å². The zero-order valence-corrected chi connectivity index (χ0v) is 27.6. The lowest BCUT2D eigenvalue weighted by atomic mass is 10.1. The van der Waals surface area contributed by atoms with Gasteiger partial charge in [-0.15, -0.1) is 0 Å². The Labute approximate surface area is 264 Å². The fraction of sp³-hybridized carbons (Fsp3) is 0.735.